The van der Waals surface area contributed by atoms with E-state index in [9.17, 15) is 23.2 Å². The summed E-state index contributed by atoms with van der Waals surface area (Å²) in [4.78, 5) is 12.2. The van der Waals surface area contributed by atoms with Crippen LogP contribution in [0.15, 0.2) is 76.3 Å². The van der Waals surface area contributed by atoms with Crippen molar-refractivity contribution in [3.05, 3.63) is 99.0 Å². The Hall–Kier alpha value is -3.64. The molecule has 162 valence electrons. The van der Waals surface area contributed by atoms with Crippen molar-refractivity contribution in [3.63, 3.8) is 0 Å². The number of carbonyl (C=O) groups excluding carboxylic acids is 1. The minimum atomic E-state index is -4.55. The molecule has 5 nitrogen and oxygen atoms in total. The Labute approximate surface area is 190 Å². The number of benzene rings is 3. The van der Waals surface area contributed by atoms with Gasteiger partial charge in [0.05, 0.1) is 23.4 Å². The Bertz CT molecular complexity index is 1200. The molecule has 0 bridgehead atoms. The van der Waals surface area contributed by atoms with Gasteiger partial charge < -0.3 is 4.74 Å². The van der Waals surface area contributed by atoms with Crippen molar-refractivity contribution in [2.45, 2.75) is 12.8 Å². The molecule has 3 aromatic rings. The summed E-state index contributed by atoms with van der Waals surface area (Å²) >= 11 is 3.35. The molecule has 0 aliphatic heterocycles. The number of hydrazone groups is 1. The number of hydrogen-bond donors (Lipinski definition) is 1. The normalized spacial score (nSPS) is 11.2. The summed E-state index contributed by atoms with van der Waals surface area (Å²) in [5.74, 6) is -0.342. The Morgan fingerprint density at radius 1 is 1.12 bits per heavy atom. The van der Waals surface area contributed by atoms with Crippen LogP contribution in [0.2, 0.25) is 0 Å². The van der Waals surface area contributed by atoms with Crippen molar-refractivity contribution in [2.24, 2.45) is 5.10 Å². The molecule has 3 rings (SSSR count). The molecular weight excluding hydrogens is 487 g/mol. The maximum absolute atomic E-state index is 12.8. The second kappa shape index (κ2) is 10.1. The first-order valence-corrected chi connectivity index (χ1v) is 9.98. The van der Waals surface area contributed by atoms with E-state index in [1.54, 1.807) is 42.5 Å². The molecule has 0 atom stereocenters. The van der Waals surface area contributed by atoms with Crippen LogP contribution in [0.25, 0.3) is 0 Å². The van der Waals surface area contributed by atoms with Gasteiger partial charge in [-0.3, -0.25) is 4.79 Å². The van der Waals surface area contributed by atoms with E-state index in [1.807, 2.05) is 0 Å². The fraction of sp³-hybridized carbons (Fsp3) is 0.0870. The zero-order valence-corrected chi connectivity index (χ0v) is 17.9. The average molecular weight is 502 g/mol. The van der Waals surface area contributed by atoms with E-state index in [2.05, 4.69) is 32.5 Å². The van der Waals surface area contributed by atoms with Crippen molar-refractivity contribution >= 4 is 28.1 Å². The van der Waals surface area contributed by atoms with Gasteiger partial charge in [-0.1, -0.05) is 40.2 Å². The number of carbonyl (C=O) groups is 1. The summed E-state index contributed by atoms with van der Waals surface area (Å²) in [5.41, 5.74) is 2.83. The molecule has 1 amide bonds. The molecule has 0 heterocycles. The van der Waals surface area contributed by atoms with Gasteiger partial charge in [0.1, 0.15) is 12.4 Å². The van der Waals surface area contributed by atoms with Crippen LogP contribution >= 0.6 is 15.9 Å². The van der Waals surface area contributed by atoms with Crippen LogP contribution in [0.3, 0.4) is 0 Å². The molecule has 0 aliphatic carbocycles. The molecule has 0 saturated heterocycles. The van der Waals surface area contributed by atoms with E-state index < -0.39 is 17.6 Å². The van der Waals surface area contributed by atoms with Gasteiger partial charge in [-0.05, 0) is 42.5 Å². The van der Waals surface area contributed by atoms with Gasteiger partial charge in [0.2, 0.25) is 0 Å². The third-order valence-corrected chi connectivity index (χ3v) is 4.81. The molecule has 0 aromatic heterocycles. The van der Waals surface area contributed by atoms with Crippen LogP contribution < -0.4 is 10.2 Å². The summed E-state index contributed by atoms with van der Waals surface area (Å²) < 4.78 is 45.0. The predicted octanol–water partition coefficient (Wildman–Crippen LogP) is 5.68. The smallest absolute Gasteiger partial charge is 0.416 e. The second-order valence-corrected chi connectivity index (χ2v) is 7.43. The van der Waals surface area contributed by atoms with Gasteiger partial charge in [0.15, 0.2) is 0 Å². The predicted molar refractivity (Wildman–Crippen MR) is 116 cm³/mol. The van der Waals surface area contributed by atoms with E-state index in [0.717, 1.165) is 22.7 Å². The maximum Gasteiger partial charge on any atom is 0.416 e. The van der Waals surface area contributed by atoms with Gasteiger partial charge in [-0.15, -0.1) is 0 Å². The molecule has 0 aliphatic rings. The minimum Gasteiger partial charge on any atom is -0.488 e. The zero-order valence-electron chi connectivity index (χ0n) is 16.4. The van der Waals surface area contributed by atoms with E-state index in [1.165, 1.54) is 12.3 Å². The molecule has 0 saturated carbocycles. The molecular formula is C23H15BrF3N3O2. The van der Waals surface area contributed by atoms with Crippen LogP contribution in [0.1, 0.15) is 32.6 Å². The number of rotatable bonds is 6. The number of halogens is 4. The Morgan fingerprint density at radius 2 is 1.91 bits per heavy atom. The molecule has 9 heteroatoms. The molecule has 3 aromatic carbocycles. The van der Waals surface area contributed by atoms with Crippen molar-refractivity contribution in [2.75, 3.05) is 0 Å². The van der Waals surface area contributed by atoms with E-state index in [-0.39, 0.29) is 12.2 Å². The van der Waals surface area contributed by atoms with Crippen LogP contribution in [0.4, 0.5) is 13.2 Å². The molecule has 32 heavy (non-hydrogen) atoms. The Balaban J connectivity index is 1.73. The summed E-state index contributed by atoms with van der Waals surface area (Å²) in [6.07, 6.45) is -3.23. The first-order valence-electron chi connectivity index (χ1n) is 9.19. The highest BCUT2D eigenvalue weighted by Gasteiger charge is 2.30. The molecule has 0 fully saturated rings. The van der Waals surface area contributed by atoms with E-state index in [4.69, 9.17) is 4.74 Å². The number of amides is 1. The van der Waals surface area contributed by atoms with E-state index >= 15 is 0 Å². The van der Waals surface area contributed by atoms with Gasteiger partial charge >= 0.3 is 6.18 Å². The standard InChI is InChI=1S/C23H15BrF3N3O2/c24-20-8-9-21(32-14-17-5-2-1-4-16(17)12-28)18(11-20)13-29-30-22(31)15-6-3-7-19(10-15)23(25,26)27/h1-11,13H,14H2,(H,30,31)/b29-13+. The van der Waals surface area contributed by atoms with Crippen LogP contribution in [-0.2, 0) is 12.8 Å². The SMILES string of the molecule is N#Cc1ccccc1COc1ccc(Br)cc1/C=N/NC(=O)c1cccc(C(F)(F)F)c1. The minimum absolute atomic E-state index is 0.142. The lowest BCUT2D eigenvalue weighted by Crippen LogP contribution is -2.18. The third kappa shape index (κ3) is 5.95. The number of hydrogen-bond acceptors (Lipinski definition) is 4. The van der Waals surface area contributed by atoms with Crippen LogP contribution in [-0.4, -0.2) is 12.1 Å². The molecule has 1 N–H and O–H groups in total. The molecule has 0 radical (unpaired) electrons. The Morgan fingerprint density at radius 3 is 2.66 bits per heavy atom. The van der Waals surface area contributed by atoms with Gasteiger partial charge in [0, 0.05) is 21.2 Å². The fourth-order valence-electron chi connectivity index (χ4n) is 2.72. The Kier molecular flexibility index (Phi) is 7.28. The summed E-state index contributed by atoms with van der Waals surface area (Å²) in [6, 6.07) is 18.3. The van der Waals surface area contributed by atoms with Gasteiger partial charge in [-0.25, -0.2) is 5.43 Å². The summed E-state index contributed by atoms with van der Waals surface area (Å²) in [5, 5.41) is 13.0. The molecule has 0 spiro atoms. The summed E-state index contributed by atoms with van der Waals surface area (Å²) in [6.45, 7) is 0.142. The number of nitrogens with one attached hydrogen (secondary N) is 1. The first-order chi connectivity index (χ1) is 15.3. The first kappa shape index (κ1) is 23.0. The van der Waals surface area contributed by atoms with Crippen molar-refractivity contribution in [3.8, 4) is 11.8 Å². The number of nitriles is 1. The lowest BCUT2D eigenvalue weighted by atomic mass is 10.1. The third-order valence-electron chi connectivity index (χ3n) is 4.31. The fourth-order valence-corrected chi connectivity index (χ4v) is 3.10. The lowest BCUT2D eigenvalue weighted by molar-refractivity contribution is -0.137. The van der Waals surface area contributed by atoms with E-state index in [0.29, 0.717) is 22.4 Å². The monoisotopic (exact) mass is 501 g/mol. The van der Waals surface area contributed by atoms with Crippen molar-refractivity contribution < 1.29 is 22.7 Å². The number of ether oxygens (including phenoxy) is 1. The average Bonchev–Trinajstić information content (AvgIpc) is 2.78. The summed E-state index contributed by atoms with van der Waals surface area (Å²) in [7, 11) is 0. The zero-order chi connectivity index (χ0) is 23.1. The lowest BCUT2D eigenvalue weighted by Gasteiger charge is -2.11. The van der Waals surface area contributed by atoms with Crippen LogP contribution in [0.5, 0.6) is 5.75 Å². The highest BCUT2D eigenvalue weighted by molar-refractivity contribution is 9.10. The maximum atomic E-state index is 12.8. The topological polar surface area (TPSA) is 74.5 Å². The van der Waals surface area contributed by atoms with Crippen molar-refractivity contribution in [1.29, 1.82) is 5.26 Å². The highest BCUT2D eigenvalue weighted by Crippen LogP contribution is 2.29. The van der Waals surface area contributed by atoms with Crippen LogP contribution in [0, 0.1) is 11.3 Å². The largest absolute Gasteiger partial charge is 0.488 e. The number of nitrogens with zero attached hydrogens (tertiary/aromatic N) is 2. The number of alkyl halides is 3. The second-order valence-electron chi connectivity index (χ2n) is 6.52. The van der Waals surface area contributed by atoms with Gasteiger partial charge in [0.25, 0.3) is 5.91 Å². The quantitative estimate of drug-likeness (QED) is 0.348. The van der Waals surface area contributed by atoms with Gasteiger partial charge in [-0.2, -0.15) is 23.5 Å². The van der Waals surface area contributed by atoms with Crippen molar-refractivity contribution in [1.82, 2.24) is 5.43 Å². The highest BCUT2D eigenvalue weighted by atomic mass is 79.9. The molecule has 0 unspecified atom stereocenters.